The first-order chi connectivity index (χ1) is 14.2. The molecule has 1 rings (SSSR count). The summed E-state index contributed by atoms with van der Waals surface area (Å²) in [6.07, 6.45) is 15.0. The van der Waals surface area contributed by atoms with Crippen molar-refractivity contribution in [1.82, 2.24) is 5.32 Å². The molecule has 0 radical (unpaired) electrons. The molecule has 1 aliphatic heterocycles. The number of allylic oxidation sites excluding steroid dienone is 7. The number of nitrogens with one attached hydrogen (secondary N) is 1. The molecule has 1 unspecified atom stereocenters. The molecule has 0 spiro atoms. The summed E-state index contributed by atoms with van der Waals surface area (Å²) in [5.41, 5.74) is 1.48. The summed E-state index contributed by atoms with van der Waals surface area (Å²) < 4.78 is 12.1. The predicted octanol–water partition coefficient (Wildman–Crippen LogP) is 9.83. The Hall–Kier alpha value is -1.15. The van der Waals surface area contributed by atoms with Crippen molar-refractivity contribution in [3.8, 4) is 0 Å². The average Bonchev–Trinajstić information content (AvgIpc) is 2.83. The second-order valence-corrected chi connectivity index (χ2v) is 5.34. The van der Waals surface area contributed by atoms with E-state index in [1.807, 2.05) is 55.4 Å². The Kier molecular flexibility index (Phi) is 54.7. The van der Waals surface area contributed by atoms with Crippen molar-refractivity contribution in [3.63, 3.8) is 0 Å². The maximum Gasteiger partial charge on any atom is 0.0960 e. The largest absolute Gasteiger partial charge is 0.316 e. The van der Waals surface area contributed by atoms with E-state index in [2.05, 4.69) is 44.0 Å². The minimum absolute atomic E-state index is 0.0510. The lowest BCUT2D eigenvalue weighted by molar-refractivity contribution is 0.377. The van der Waals surface area contributed by atoms with Crippen molar-refractivity contribution in [2.45, 2.75) is 108 Å². The summed E-state index contributed by atoms with van der Waals surface area (Å²) >= 11 is 0. The Bertz CT molecular complexity index is 348. The van der Waals surface area contributed by atoms with Crippen LogP contribution in [0.3, 0.4) is 0 Å². The van der Waals surface area contributed by atoms with Gasteiger partial charge in [-0.1, -0.05) is 91.3 Å². The van der Waals surface area contributed by atoms with Crippen LogP contribution < -0.4 is 5.32 Å². The molecule has 1 saturated heterocycles. The lowest BCUT2D eigenvalue weighted by atomic mass is 9.92. The van der Waals surface area contributed by atoms with Crippen molar-refractivity contribution in [3.05, 3.63) is 48.4 Å². The van der Waals surface area contributed by atoms with E-state index in [1.165, 1.54) is 44.0 Å². The van der Waals surface area contributed by atoms with Crippen molar-refractivity contribution in [2.24, 2.45) is 5.92 Å². The normalized spacial score (nSPS) is 15.4. The van der Waals surface area contributed by atoms with E-state index in [0.29, 0.717) is 6.42 Å². The Morgan fingerprint density at radius 3 is 1.86 bits per heavy atom. The molecule has 29 heavy (non-hydrogen) atoms. The highest BCUT2D eigenvalue weighted by Gasteiger charge is 2.12. The lowest BCUT2D eigenvalue weighted by Crippen LogP contribution is -2.29. The Balaban J connectivity index is -0.000000104. The second kappa shape index (κ2) is 41.3. The van der Waals surface area contributed by atoms with Crippen LogP contribution >= 0.6 is 0 Å². The van der Waals surface area contributed by atoms with Crippen molar-refractivity contribution in [1.29, 1.82) is 0 Å². The molecule has 1 N–H and O–H groups in total. The van der Waals surface area contributed by atoms with E-state index >= 15 is 0 Å². The first-order valence-electron chi connectivity index (χ1n) is 12.1. The van der Waals surface area contributed by atoms with E-state index in [0.717, 1.165) is 12.3 Å². The number of rotatable bonds is 6. The summed E-state index contributed by atoms with van der Waals surface area (Å²) in [7, 11) is 0. The second-order valence-electron chi connectivity index (χ2n) is 5.34. The topological polar surface area (TPSA) is 12.0 Å². The fraction of sp³-hybridized carbons (Fsp3) is 0.704. The van der Waals surface area contributed by atoms with Gasteiger partial charge in [0.05, 0.1) is 5.83 Å². The van der Waals surface area contributed by atoms with Gasteiger partial charge in [-0.25, -0.2) is 4.39 Å². The van der Waals surface area contributed by atoms with Crippen LogP contribution in [0.25, 0.3) is 0 Å². The van der Waals surface area contributed by atoms with Crippen molar-refractivity contribution >= 4 is 0 Å². The van der Waals surface area contributed by atoms with Crippen LogP contribution in [0.4, 0.5) is 4.39 Å². The van der Waals surface area contributed by atoms with E-state index in [-0.39, 0.29) is 5.83 Å². The van der Waals surface area contributed by atoms with Gasteiger partial charge in [0.2, 0.25) is 0 Å². The first-order valence-corrected chi connectivity index (χ1v) is 12.1. The fourth-order valence-electron chi connectivity index (χ4n) is 2.31. The van der Waals surface area contributed by atoms with Gasteiger partial charge in [0.25, 0.3) is 0 Å². The summed E-state index contributed by atoms with van der Waals surface area (Å²) in [4.78, 5) is 0. The third kappa shape index (κ3) is 34.7. The third-order valence-corrected chi connectivity index (χ3v) is 3.58. The molecular weight excluding hydrogens is 357 g/mol. The molecule has 176 valence electrons. The molecule has 1 atom stereocenters. The highest BCUT2D eigenvalue weighted by molar-refractivity contribution is 5.17. The van der Waals surface area contributed by atoms with E-state index in [1.54, 1.807) is 13.0 Å². The third-order valence-electron chi connectivity index (χ3n) is 3.58. The molecule has 1 aliphatic rings. The Labute approximate surface area is 185 Å². The van der Waals surface area contributed by atoms with Crippen LogP contribution in [-0.2, 0) is 0 Å². The molecule has 0 aliphatic carbocycles. The van der Waals surface area contributed by atoms with Gasteiger partial charge in [-0.3, -0.25) is 0 Å². The quantitative estimate of drug-likeness (QED) is 0.337. The monoisotopic (exact) mass is 413 g/mol. The van der Waals surface area contributed by atoms with Crippen LogP contribution in [-0.4, -0.2) is 13.1 Å². The molecule has 1 fully saturated rings. The zero-order valence-corrected chi connectivity index (χ0v) is 22.0. The van der Waals surface area contributed by atoms with Crippen LogP contribution in [0.2, 0.25) is 0 Å². The lowest BCUT2D eigenvalue weighted by Gasteiger charge is -2.22. The van der Waals surface area contributed by atoms with Gasteiger partial charge in [-0.2, -0.15) is 0 Å². The summed E-state index contributed by atoms with van der Waals surface area (Å²) in [5, 5.41) is 3.46. The smallest absolute Gasteiger partial charge is 0.0960 e. The molecule has 0 saturated carbocycles. The fourth-order valence-corrected chi connectivity index (χ4v) is 2.31. The first kappa shape index (κ1) is 38.5. The SMILES string of the molecule is C/C=C\C(=C/C)CC1CCCNC1.C=CCC/C(F)=C\C.CC.CC.CC.CC. The molecule has 0 amide bonds. The zero-order chi connectivity index (χ0) is 23.9. The molecule has 0 aromatic rings. The summed E-state index contributed by atoms with van der Waals surface area (Å²) in [6.45, 7) is 27.8. The molecule has 0 aromatic heterocycles. The van der Waals surface area contributed by atoms with Gasteiger partial charge < -0.3 is 5.32 Å². The van der Waals surface area contributed by atoms with E-state index < -0.39 is 0 Å². The summed E-state index contributed by atoms with van der Waals surface area (Å²) in [6, 6.07) is 0. The van der Waals surface area contributed by atoms with Gasteiger partial charge in [0.15, 0.2) is 0 Å². The highest BCUT2D eigenvalue weighted by atomic mass is 19.1. The van der Waals surface area contributed by atoms with Crippen LogP contribution in [0.1, 0.15) is 108 Å². The maximum atomic E-state index is 12.1. The minimum atomic E-state index is -0.0510. The van der Waals surface area contributed by atoms with E-state index in [9.17, 15) is 4.39 Å². The van der Waals surface area contributed by atoms with Gasteiger partial charge in [0.1, 0.15) is 0 Å². The highest BCUT2D eigenvalue weighted by Crippen LogP contribution is 2.19. The molecule has 1 nitrogen and oxygen atoms in total. The Morgan fingerprint density at radius 1 is 0.966 bits per heavy atom. The van der Waals surface area contributed by atoms with Gasteiger partial charge in [-0.05, 0) is 65.5 Å². The van der Waals surface area contributed by atoms with Crippen molar-refractivity contribution in [2.75, 3.05) is 13.1 Å². The van der Waals surface area contributed by atoms with Gasteiger partial charge in [0, 0.05) is 6.42 Å². The molecular formula is C27H56FN. The van der Waals surface area contributed by atoms with Crippen LogP contribution in [0, 0.1) is 5.92 Å². The van der Waals surface area contributed by atoms with E-state index in [4.69, 9.17) is 0 Å². The molecule has 0 aromatic carbocycles. The molecule has 0 bridgehead atoms. The Morgan fingerprint density at radius 2 is 1.52 bits per heavy atom. The zero-order valence-electron chi connectivity index (χ0n) is 22.0. The maximum absolute atomic E-state index is 12.1. The average molecular weight is 414 g/mol. The number of hydrogen-bond acceptors (Lipinski definition) is 1. The van der Waals surface area contributed by atoms with Crippen molar-refractivity contribution < 1.29 is 4.39 Å². The van der Waals surface area contributed by atoms with Crippen LogP contribution in [0.15, 0.2) is 48.4 Å². The van der Waals surface area contributed by atoms with Crippen LogP contribution in [0.5, 0.6) is 0 Å². The molecule has 2 heteroatoms. The van der Waals surface area contributed by atoms with Gasteiger partial charge >= 0.3 is 0 Å². The predicted molar refractivity (Wildman–Crippen MR) is 138 cm³/mol. The number of piperidine rings is 1. The summed E-state index contributed by atoms with van der Waals surface area (Å²) in [5.74, 6) is 0.807. The number of hydrogen-bond donors (Lipinski definition) is 1. The number of halogens is 1. The standard InChI is InChI=1S/C12H21N.C7H11F.4C2H6/c1-3-6-11(4-2)9-12-7-5-8-13-10-12;1-3-5-6-7(8)4-2;4*1-2/h3-4,6,12-13H,5,7-10H2,1-2H3;3-4H,1,5-6H2,2H3;4*1-2H3/b6-3-,11-4+;7-4+;;;;. The molecule has 1 heterocycles. The minimum Gasteiger partial charge on any atom is -0.316 e. The van der Waals surface area contributed by atoms with Gasteiger partial charge in [-0.15, -0.1) is 6.58 Å².